The Morgan fingerprint density at radius 3 is 2.21 bits per heavy atom. The number of alkyl carbamates (subject to hydrolysis) is 1. The molecule has 0 radical (unpaired) electrons. The van der Waals surface area contributed by atoms with Gasteiger partial charge in [-0.25, -0.2) is 4.79 Å². The number of rotatable bonds is 7. The monoisotopic (exact) mass is 469 g/mol. The molecule has 2 aromatic carbocycles. The summed E-state index contributed by atoms with van der Waals surface area (Å²) in [5.74, 6) is -1.04. The van der Waals surface area contributed by atoms with E-state index >= 15 is 0 Å². The highest BCUT2D eigenvalue weighted by Crippen LogP contribution is 2.28. The lowest BCUT2D eigenvalue weighted by Gasteiger charge is -2.32. The second-order valence-corrected chi connectivity index (χ2v) is 9.33. The Morgan fingerprint density at radius 2 is 1.62 bits per heavy atom. The van der Waals surface area contributed by atoms with Gasteiger partial charge in [0.15, 0.2) is 0 Å². The van der Waals surface area contributed by atoms with Crippen LogP contribution in [-0.2, 0) is 14.3 Å². The molecule has 2 aromatic rings. The van der Waals surface area contributed by atoms with Crippen LogP contribution in [0.15, 0.2) is 42.5 Å². The normalized spacial score (nSPS) is 12.9. The number of aliphatic hydroxyl groups is 1. The summed E-state index contributed by atoms with van der Waals surface area (Å²) < 4.78 is 5.21. The van der Waals surface area contributed by atoms with Gasteiger partial charge in [-0.1, -0.05) is 36.4 Å². The van der Waals surface area contributed by atoms with Gasteiger partial charge in [-0.2, -0.15) is 0 Å². The Kier molecular flexibility index (Phi) is 8.81. The number of anilines is 1. The Morgan fingerprint density at radius 1 is 1.00 bits per heavy atom. The summed E-state index contributed by atoms with van der Waals surface area (Å²) >= 11 is 0. The zero-order valence-corrected chi connectivity index (χ0v) is 20.9. The minimum Gasteiger partial charge on any atom is -0.444 e. The molecule has 3 amide bonds. The average molecular weight is 470 g/mol. The van der Waals surface area contributed by atoms with Gasteiger partial charge in [0, 0.05) is 12.7 Å². The van der Waals surface area contributed by atoms with E-state index < -0.39 is 42.2 Å². The fourth-order valence-corrected chi connectivity index (χ4v) is 3.52. The molecule has 8 heteroatoms. The summed E-state index contributed by atoms with van der Waals surface area (Å²) in [5, 5.41) is 15.1. The Balaban J connectivity index is 2.39. The van der Waals surface area contributed by atoms with E-state index in [0.29, 0.717) is 11.3 Å². The number of aryl methyl sites for hydroxylation is 2. The van der Waals surface area contributed by atoms with Crippen molar-refractivity contribution in [2.24, 2.45) is 0 Å². The second kappa shape index (κ2) is 11.2. The Bertz CT molecular complexity index is 1040. The van der Waals surface area contributed by atoms with Gasteiger partial charge in [-0.05, 0) is 69.9 Å². The van der Waals surface area contributed by atoms with E-state index in [1.54, 1.807) is 32.9 Å². The van der Waals surface area contributed by atoms with Crippen LogP contribution in [0, 0.1) is 20.8 Å². The number of aliphatic hydroxyl groups excluding tert-OH is 1. The van der Waals surface area contributed by atoms with Crippen LogP contribution >= 0.6 is 0 Å². The number of para-hydroxylation sites is 1. The highest BCUT2D eigenvalue weighted by molar-refractivity contribution is 5.99. The van der Waals surface area contributed by atoms with Crippen LogP contribution in [0.25, 0.3) is 0 Å². The maximum absolute atomic E-state index is 13.5. The van der Waals surface area contributed by atoms with Crippen LogP contribution in [0.1, 0.15) is 49.1 Å². The van der Waals surface area contributed by atoms with Crippen molar-refractivity contribution in [3.05, 3.63) is 64.7 Å². The predicted octanol–water partition coefficient (Wildman–Crippen LogP) is 3.64. The number of hydrogen-bond donors (Lipinski definition) is 3. The van der Waals surface area contributed by atoms with E-state index in [1.807, 2.05) is 51.1 Å². The maximum atomic E-state index is 13.5. The van der Waals surface area contributed by atoms with E-state index in [0.717, 1.165) is 16.7 Å². The van der Waals surface area contributed by atoms with Crippen molar-refractivity contribution in [1.82, 2.24) is 10.2 Å². The van der Waals surface area contributed by atoms with Gasteiger partial charge < -0.3 is 25.4 Å². The minimum absolute atomic E-state index is 0.409. The Hall–Kier alpha value is -3.39. The molecule has 0 aromatic heterocycles. The molecule has 2 unspecified atom stereocenters. The predicted molar refractivity (Wildman–Crippen MR) is 131 cm³/mol. The molecule has 2 atom stereocenters. The molecule has 0 aliphatic heterocycles. The molecule has 3 N–H and O–H groups in total. The summed E-state index contributed by atoms with van der Waals surface area (Å²) in [5.41, 5.74) is 3.23. The topological polar surface area (TPSA) is 108 Å². The van der Waals surface area contributed by atoms with Crippen molar-refractivity contribution >= 4 is 23.6 Å². The van der Waals surface area contributed by atoms with Gasteiger partial charge in [0.25, 0.3) is 5.91 Å². The summed E-state index contributed by atoms with van der Waals surface area (Å²) in [6, 6.07) is 10.6. The van der Waals surface area contributed by atoms with E-state index in [2.05, 4.69) is 10.6 Å². The summed E-state index contributed by atoms with van der Waals surface area (Å²) in [4.78, 5) is 40.3. The van der Waals surface area contributed by atoms with Gasteiger partial charge in [-0.15, -0.1) is 0 Å². The van der Waals surface area contributed by atoms with Crippen LogP contribution in [0.2, 0.25) is 0 Å². The molecule has 184 valence electrons. The van der Waals surface area contributed by atoms with Crippen molar-refractivity contribution in [3.63, 3.8) is 0 Å². The lowest BCUT2D eigenvalue weighted by atomic mass is 9.95. The fraction of sp³-hybridized carbons (Fsp3) is 0.423. The van der Waals surface area contributed by atoms with Crippen molar-refractivity contribution in [2.75, 3.05) is 19.0 Å². The standard InChI is InChI=1S/C26H35N3O5/c1-16-12-10-13-19(18(16)3)22(23(31)27-20-14-9-8-11-17(20)2)29(7)24(32)21(15-30)28-25(33)34-26(4,5)6/h8-14,21-22,30H,15H2,1-7H3,(H,27,31)(H,28,33). The van der Waals surface area contributed by atoms with Gasteiger partial charge in [0.1, 0.15) is 17.7 Å². The highest BCUT2D eigenvalue weighted by atomic mass is 16.6. The quantitative estimate of drug-likeness (QED) is 0.574. The van der Waals surface area contributed by atoms with E-state index in [-0.39, 0.29) is 0 Å². The van der Waals surface area contributed by atoms with Crippen LogP contribution in [-0.4, -0.2) is 53.2 Å². The molecular formula is C26H35N3O5. The third-order valence-electron chi connectivity index (χ3n) is 5.50. The smallest absolute Gasteiger partial charge is 0.408 e. The van der Waals surface area contributed by atoms with Crippen molar-refractivity contribution in [2.45, 2.75) is 59.2 Å². The molecule has 0 saturated heterocycles. The number of benzene rings is 2. The van der Waals surface area contributed by atoms with E-state index in [9.17, 15) is 19.5 Å². The van der Waals surface area contributed by atoms with Crippen molar-refractivity contribution < 1.29 is 24.2 Å². The SMILES string of the molecule is Cc1ccccc1NC(=O)C(c1cccc(C)c1C)N(C)C(=O)C(CO)NC(=O)OC(C)(C)C. The summed E-state index contributed by atoms with van der Waals surface area (Å²) in [7, 11) is 1.48. The molecule has 0 saturated carbocycles. The number of amides is 3. The molecule has 0 bridgehead atoms. The number of nitrogens with one attached hydrogen (secondary N) is 2. The first-order valence-corrected chi connectivity index (χ1v) is 11.2. The highest BCUT2D eigenvalue weighted by Gasteiger charge is 2.35. The van der Waals surface area contributed by atoms with Gasteiger partial charge >= 0.3 is 6.09 Å². The molecule has 0 aliphatic carbocycles. The first-order valence-electron chi connectivity index (χ1n) is 11.2. The fourth-order valence-electron chi connectivity index (χ4n) is 3.52. The van der Waals surface area contributed by atoms with Crippen LogP contribution in [0.3, 0.4) is 0 Å². The molecular weight excluding hydrogens is 434 g/mol. The average Bonchev–Trinajstić information content (AvgIpc) is 2.75. The number of nitrogens with zero attached hydrogens (tertiary/aromatic N) is 1. The zero-order valence-electron chi connectivity index (χ0n) is 20.9. The van der Waals surface area contributed by atoms with Crippen LogP contribution in [0.4, 0.5) is 10.5 Å². The number of likely N-dealkylation sites (N-methyl/N-ethyl adjacent to an activating group) is 1. The lowest BCUT2D eigenvalue weighted by molar-refractivity contribution is -0.139. The minimum atomic E-state index is -1.28. The molecule has 0 fully saturated rings. The molecule has 0 aliphatic rings. The number of carbonyl (C=O) groups excluding carboxylic acids is 3. The summed E-state index contributed by atoms with van der Waals surface area (Å²) in [6.45, 7) is 10.1. The first-order chi connectivity index (χ1) is 15.9. The van der Waals surface area contributed by atoms with Gasteiger partial charge in [0.05, 0.1) is 6.61 Å². The zero-order chi connectivity index (χ0) is 25.6. The van der Waals surface area contributed by atoms with Crippen molar-refractivity contribution in [1.29, 1.82) is 0 Å². The largest absolute Gasteiger partial charge is 0.444 e. The Labute approximate surface area is 201 Å². The van der Waals surface area contributed by atoms with Crippen LogP contribution in [0.5, 0.6) is 0 Å². The van der Waals surface area contributed by atoms with Gasteiger partial charge in [0.2, 0.25) is 5.91 Å². The third kappa shape index (κ3) is 6.81. The number of ether oxygens (including phenoxy) is 1. The van der Waals surface area contributed by atoms with Crippen LogP contribution < -0.4 is 10.6 Å². The van der Waals surface area contributed by atoms with E-state index in [1.165, 1.54) is 11.9 Å². The van der Waals surface area contributed by atoms with Gasteiger partial charge in [-0.3, -0.25) is 9.59 Å². The molecule has 34 heavy (non-hydrogen) atoms. The molecule has 0 heterocycles. The first kappa shape index (κ1) is 26.9. The second-order valence-electron chi connectivity index (χ2n) is 9.33. The number of hydrogen-bond acceptors (Lipinski definition) is 5. The number of carbonyl (C=O) groups is 3. The third-order valence-corrected chi connectivity index (χ3v) is 5.50. The van der Waals surface area contributed by atoms with Crippen molar-refractivity contribution in [3.8, 4) is 0 Å². The maximum Gasteiger partial charge on any atom is 0.408 e. The lowest BCUT2D eigenvalue weighted by Crippen LogP contribution is -2.52. The molecule has 2 rings (SSSR count). The summed E-state index contributed by atoms with van der Waals surface area (Å²) in [6.07, 6.45) is -0.832. The molecule has 0 spiro atoms. The van der Waals surface area contributed by atoms with E-state index in [4.69, 9.17) is 4.74 Å². The molecule has 8 nitrogen and oxygen atoms in total.